The minimum Gasteiger partial charge on any atom is -0.396 e. The van der Waals surface area contributed by atoms with Crippen LogP contribution in [0, 0.1) is 5.41 Å². The van der Waals surface area contributed by atoms with Crippen molar-refractivity contribution in [3.63, 3.8) is 0 Å². The molecule has 0 spiro atoms. The molecule has 1 aromatic carbocycles. The first-order valence-electron chi connectivity index (χ1n) is 7.82. The van der Waals surface area contributed by atoms with Gasteiger partial charge < -0.3 is 10.0 Å². The predicted octanol–water partition coefficient (Wildman–Crippen LogP) is 3.94. The Balaban J connectivity index is 1.86. The van der Waals surface area contributed by atoms with Gasteiger partial charge in [0.2, 0.25) is 5.91 Å². The molecule has 1 heterocycles. The first kappa shape index (κ1) is 17.6. The number of hydrogen-bond donors (Lipinski definition) is 1. The van der Waals surface area contributed by atoms with Crippen LogP contribution in [0.4, 0.5) is 0 Å². The van der Waals surface area contributed by atoms with Crippen molar-refractivity contribution in [3.8, 4) is 0 Å². The zero-order valence-corrected chi connectivity index (χ0v) is 14.5. The van der Waals surface area contributed by atoms with E-state index in [4.69, 9.17) is 23.2 Å². The number of piperidine rings is 1. The molecule has 22 heavy (non-hydrogen) atoms. The second-order valence-electron chi connectivity index (χ2n) is 6.13. The van der Waals surface area contributed by atoms with Gasteiger partial charge in [0.05, 0.1) is 0 Å². The Bertz CT molecular complexity index is 519. The van der Waals surface area contributed by atoms with Gasteiger partial charge in [0.25, 0.3) is 0 Å². The topological polar surface area (TPSA) is 40.5 Å². The maximum atomic E-state index is 12.3. The van der Waals surface area contributed by atoms with Crippen LogP contribution < -0.4 is 0 Å². The summed E-state index contributed by atoms with van der Waals surface area (Å²) in [5.74, 6) is 0.161. The van der Waals surface area contributed by atoms with Crippen LogP contribution in [0.25, 0.3) is 0 Å². The van der Waals surface area contributed by atoms with Crippen molar-refractivity contribution in [1.29, 1.82) is 0 Å². The van der Waals surface area contributed by atoms with Gasteiger partial charge in [-0.3, -0.25) is 4.79 Å². The van der Waals surface area contributed by atoms with Gasteiger partial charge in [-0.25, -0.2) is 0 Å². The molecule has 1 aliphatic rings. The normalized spacial score (nSPS) is 17.5. The number of aryl methyl sites for hydroxylation is 1. The van der Waals surface area contributed by atoms with Crippen LogP contribution in [0.5, 0.6) is 0 Å². The van der Waals surface area contributed by atoms with E-state index in [0.29, 0.717) is 22.9 Å². The van der Waals surface area contributed by atoms with Gasteiger partial charge in [0, 0.05) is 36.2 Å². The van der Waals surface area contributed by atoms with Crippen molar-refractivity contribution < 1.29 is 9.90 Å². The summed E-state index contributed by atoms with van der Waals surface area (Å²) >= 11 is 12.0. The van der Waals surface area contributed by atoms with Crippen LogP contribution in [-0.2, 0) is 11.2 Å². The highest BCUT2D eigenvalue weighted by Gasteiger charge is 2.33. The van der Waals surface area contributed by atoms with Gasteiger partial charge in [-0.15, -0.1) is 0 Å². The number of nitrogens with zero attached hydrogens (tertiary/aromatic N) is 1. The molecule has 5 heteroatoms. The number of benzene rings is 1. The largest absolute Gasteiger partial charge is 0.396 e. The van der Waals surface area contributed by atoms with E-state index < -0.39 is 0 Å². The lowest BCUT2D eigenvalue weighted by Crippen LogP contribution is -2.44. The number of aliphatic hydroxyl groups is 1. The average Bonchev–Trinajstić information content (AvgIpc) is 2.54. The molecule has 0 saturated carbocycles. The van der Waals surface area contributed by atoms with E-state index in [-0.39, 0.29) is 17.9 Å². The van der Waals surface area contributed by atoms with E-state index in [1.54, 1.807) is 12.1 Å². The van der Waals surface area contributed by atoms with Crippen molar-refractivity contribution in [2.24, 2.45) is 5.41 Å². The molecule has 1 fully saturated rings. The predicted molar refractivity (Wildman–Crippen MR) is 90.4 cm³/mol. The Morgan fingerprint density at radius 2 is 2.00 bits per heavy atom. The van der Waals surface area contributed by atoms with Crippen molar-refractivity contribution in [2.45, 2.75) is 39.0 Å². The Hall–Kier alpha value is -0.770. The number of hydrogen-bond acceptors (Lipinski definition) is 2. The van der Waals surface area contributed by atoms with Crippen LogP contribution in [0.2, 0.25) is 10.0 Å². The van der Waals surface area contributed by atoms with Crippen LogP contribution in [0.3, 0.4) is 0 Å². The fourth-order valence-electron chi connectivity index (χ4n) is 2.98. The first-order chi connectivity index (χ1) is 10.5. The van der Waals surface area contributed by atoms with Crippen molar-refractivity contribution in [2.75, 3.05) is 19.7 Å². The zero-order chi connectivity index (χ0) is 16.2. The van der Waals surface area contributed by atoms with E-state index in [1.165, 1.54) is 0 Å². The summed E-state index contributed by atoms with van der Waals surface area (Å²) in [6.07, 6.45) is 3.82. The fourth-order valence-corrected chi connectivity index (χ4v) is 3.48. The number of carbonyl (C=O) groups excluding carboxylic acids is 1. The number of rotatable bonds is 5. The summed E-state index contributed by atoms with van der Waals surface area (Å²) in [7, 11) is 0. The number of likely N-dealkylation sites (tertiary alicyclic amines) is 1. The Morgan fingerprint density at radius 3 is 2.55 bits per heavy atom. The summed E-state index contributed by atoms with van der Waals surface area (Å²) in [5.41, 5.74) is 0.964. The molecule has 3 nitrogen and oxygen atoms in total. The lowest BCUT2D eigenvalue weighted by molar-refractivity contribution is -0.134. The number of carbonyl (C=O) groups is 1. The van der Waals surface area contributed by atoms with E-state index in [1.807, 2.05) is 11.0 Å². The van der Waals surface area contributed by atoms with Gasteiger partial charge in [-0.2, -0.15) is 0 Å². The van der Waals surface area contributed by atoms with Crippen molar-refractivity contribution in [1.82, 2.24) is 4.90 Å². The minimum absolute atomic E-state index is 0.0102. The van der Waals surface area contributed by atoms with Crippen LogP contribution in [0.15, 0.2) is 18.2 Å². The van der Waals surface area contributed by atoms with Crippen LogP contribution in [0.1, 0.15) is 38.2 Å². The van der Waals surface area contributed by atoms with Gasteiger partial charge in [-0.05, 0) is 48.8 Å². The number of halogens is 2. The van der Waals surface area contributed by atoms with E-state index in [0.717, 1.165) is 37.9 Å². The van der Waals surface area contributed by atoms with Crippen LogP contribution >= 0.6 is 23.2 Å². The Labute approximate surface area is 142 Å². The van der Waals surface area contributed by atoms with Gasteiger partial charge >= 0.3 is 0 Å². The Kier molecular flexibility index (Phi) is 6.13. The molecular weight excluding hydrogens is 321 g/mol. The third kappa shape index (κ3) is 4.15. The SMILES string of the molecule is CCC1(CO)CCN(C(=O)CCc2ccc(Cl)cc2Cl)CC1. The molecule has 1 aromatic rings. The number of aliphatic hydroxyl groups excluding tert-OH is 1. The molecule has 122 valence electrons. The third-order valence-electron chi connectivity index (χ3n) is 4.89. The summed E-state index contributed by atoms with van der Waals surface area (Å²) in [6, 6.07) is 5.38. The maximum absolute atomic E-state index is 12.3. The lowest BCUT2D eigenvalue weighted by atomic mass is 9.77. The quantitative estimate of drug-likeness (QED) is 0.879. The smallest absolute Gasteiger partial charge is 0.222 e. The molecule has 0 unspecified atom stereocenters. The summed E-state index contributed by atoms with van der Waals surface area (Å²) in [4.78, 5) is 14.2. The monoisotopic (exact) mass is 343 g/mol. The molecule has 0 atom stereocenters. The standard InChI is InChI=1S/C17H23Cl2NO2/c1-2-17(12-21)7-9-20(10-8-17)16(22)6-4-13-3-5-14(18)11-15(13)19/h3,5,11,21H,2,4,6-10,12H2,1H3. The second kappa shape index (κ2) is 7.67. The fraction of sp³-hybridized carbons (Fsp3) is 0.588. The minimum atomic E-state index is 0.0102. The van der Waals surface area contributed by atoms with Crippen LogP contribution in [-0.4, -0.2) is 35.6 Å². The lowest BCUT2D eigenvalue weighted by Gasteiger charge is -2.40. The summed E-state index contributed by atoms with van der Waals surface area (Å²) in [5, 5.41) is 10.8. The highest BCUT2D eigenvalue weighted by atomic mass is 35.5. The van der Waals surface area contributed by atoms with E-state index >= 15 is 0 Å². The van der Waals surface area contributed by atoms with Gasteiger partial charge in [-0.1, -0.05) is 36.2 Å². The molecule has 0 aromatic heterocycles. The zero-order valence-electron chi connectivity index (χ0n) is 12.9. The summed E-state index contributed by atoms with van der Waals surface area (Å²) < 4.78 is 0. The number of amides is 1. The third-order valence-corrected chi connectivity index (χ3v) is 5.47. The summed E-state index contributed by atoms with van der Waals surface area (Å²) in [6.45, 7) is 3.80. The van der Waals surface area contributed by atoms with Crippen molar-refractivity contribution in [3.05, 3.63) is 33.8 Å². The second-order valence-corrected chi connectivity index (χ2v) is 6.97. The average molecular weight is 344 g/mol. The van der Waals surface area contributed by atoms with Crippen molar-refractivity contribution >= 4 is 29.1 Å². The molecule has 1 amide bonds. The van der Waals surface area contributed by atoms with E-state index in [9.17, 15) is 9.90 Å². The molecule has 0 aliphatic carbocycles. The van der Waals surface area contributed by atoms with E-state index in [2.05, 4.69) is 6.92 Å². The highest BCUT2D eigenvalue weighted by molar-refractivity contribution is 6.35. The molecule has 0 radical (unpaired) electrons. The van der Waals surface area contributed by atoms with Gasteiger partial charge in [0.15, 0.2) is 0 Å². The molecular formula is C17H23Cl2NO2. The molecule has 2 rings (SSSR count). The molecule has 1 aliphatic heterocycles. The highest BCUT2D eigenvalue weighted by Crippen LogP contribution is 2.34. The van der Waals surface area contributed by atoms with Gasteiger partial charge in [0.1, 0.15) is 0 Å². The first-order valence-corrected chi connectivity index (χ1v) is 8.58. The molecule has 1 N–H and O–H groups in total. The Morgan fingerprint density at radius 1 is 1.32 bits per heavy atom. The molecule has 1 saturated heterocycles. The molecule has 0 bridgehead atoms. The maximum Gasteiger partial charge on any atom is 0.222 e.